The maximum Gasteiger partial charge on any atom is 0.332 e. The standard InChI is InChI=1S/C9H11ClN2O3/c1-11-8(13)4-7(10)12(9(11)14)6-2-3-15-5-6/h4,6H,2-3,5H2,1H3. The van der Waals surface area contributed by atoms with Gasteiger partial charge in [0.25, 0.3) is 5.56 Å². The highest BCUT2D eigenvalue weighted by molar-refractivity contribution is 6.29. The summed E-state index contributed by atoms with van der Waals surface area (Å²) < 4.78 is 7.64. The number of halogens is 1. The average Bonchev–Trinajstić information content (AvgIpc) is 2.68. The van der Waals surface area contributed by atoms with Crippen LogP contribution in [-0.4, -0.2) is 22.3 Å². The van der Waals surface area contributed by atoms with E-state index in [2.05, 4.69) is 0 Å². The molecule has 0 amide bonds. The van der Waals surface area contributed by atoms with Gasteiger partial charge in [-0.05, 0) is 6.42 Å². The number of rotatable bonds is 1. The molecule has 1 fully saturated rings. The lowest BCUT2D eigenvalue weighted by atomic mass is 10.2. The van der Waals surface area contributed by atoms with Crippen LogP contribution in [0.1, 0.15) is 12.5 Å². The second-order valence-electron chi connectivity index (χ2n) is 3.53. The van der Waals surface area contributed by atoms with Crippen LogP contribution in [0.4, 0.5) is 0 Å². The molecule has 0 radical (unpaired) electrons. The minimum absolute atomic E-state index is 0.0585. The molecule has 0 aliphatic carbocycles. The molecule has 5 nitrogen and oxygen atoms in total. The summed E-state index contributed by atoms with van der Waals surface area (Å²) in [6.07, 6.45) is 0.748. The van der Waals surface area contributed by atoms with Gasteiger partial charge in [0.15, 0.2) is 0 Å². The van der Waals surface area contributed by atoms with Crippen molar-refractivity contribution >= 4 is 11.6 Å². The Morgan fingerprint density at radius 3 is 2.87 bits per heavy atom. The molecule has 0 N–H and O–H groups in total. The first-order valence-corrected chi connectivity index (χ1v) is 5.05. The van der Waals surface area contributed by atoms with Crippen molar-refractivity contribution in [2.45, 2.75) is 12.5 Å². The van der Waals surface area contributed by atoms with E-state index >= 15 is 0 Å². The Morgan fingerprint density at radius 2 is 2.27 bits per heavy atom. The van der Waals surface area contributed by atoms with Crippen molar-refractivity contribution < 1.29 is 4.74 Å². The van der Waals surface area contributed by atoms with Crippen LogP contribution in [0.25, 0.3) is 0 Å². The molecule has 6 heteroatoms. The zero-order valence-electron chi connectivity index (χ0n) is 8.27. The fourth-order valence-electron chi connectivity index (χ4n) is 1.67. The molecule has 0 aromatic carbocycles. The first-order valence-electron chi connectivity index (χ1n) is 4.67. The number of ether oxygens (including phenoxy) is 1. The molecule has 2 heterocycles. The smallest absolute Gasteiger partial charge is 0.332 e. The van der Waals surface area contributed by atoms with Gasteiger partial charge >= 0.3 is 5.69 Å². The Hall–Kier alpha value is -1.07. The molecule has 0 spiro atoms. The number of hydrogen-bond acceptors (Lipinski definition) is 3. The highest BCUT2D eigenvalue weighted by atomic mass is 35.5. The van der Waals surface area contributed by atoms with Crippen LogP contribution in [-0.2, 0) is 11.8 Å². The number of nitrogens with zero attached hydrogens (tertiary/aromatic N) is 2. The second-order valence-corrected chi connectivity index (χ2v) is 3.92. The van der Waals surface area contributed by atoms with E-state index in [9.17, 15) is 9.59 Å². The van der Waals surface area contributed by atoms with Crippen LogP contribution in [0.5, 0.6) is 0 Å². The molecule has 1 saturated heterocycles. The van der Waals surface area contributed by atoms with Crippen molar-refractivity contribution in [3.8, 4) is 0 Å². The molecule has 0 saturated carbocycles. The molecule has 2 rings (SSSR count). The van der Waals surface area contributed by atoms with Gasteiger partial charge in [-0.25, -0.2) is 4.79 Å². The van der Waals surface area contributed by atoms with Crippen molar-refractivity contribution in [1.29, 1.82) is 0 Å². The summed E-state index contributed by atoms with van der Waals surface area (Å²) in [7, 11) is 1.44. The maximum atomic E-state index is 11.8. The Labute approximate surface area is 90.8 Å². The van der Waals surface area contributed by atoms with Gasteiger partial charge in [-0.15, -0.1) is 0 Å². The van der Waals surface area contributed by atoms with Gasteiger partial charge < -0.3 is 4.74 Å². The normalized spacial score (nSPS) is 20.8. The fraction of sp³-hybridized carbons (Fsp3) is 0.556. The molecule has 1 aromatic rings. The predicted octanol–water partition coefficient (Wildman–Crippen LogP) is 0.162. The summed E-state index contributed by atoms with van der Waals surface area (Å²) in [6.45, 7) is 1.09. The molecule has 1 aliphatic rings. The van der Waals surface area contributed by atoms with E-state index in [1.807, 2.05) is 0 Å². The molecule has 1 atom stereocenters. The predicted molar refractivity (Wildman–Crippen MR) is 55.4 cm³/mol. The molecule has 1 aliphatic heterocycles. The highest BCUT2D eigenvalue weighted by Crippen LogP contribution is 2.19. The largest absolute Gasteiger partial charge is 0.379 e. The zero-order valence-corrected chi connectivity index (χ0v) is 9.03. The minimum atomic E-state index is -0.389. The SMILES string of the molecule is Cn1c(=O)cc(Cl)n(C2CCOC2)c1=O. The van der Waals surface area contributed by atoms with Crippen molar-refractivity contribution in [3.05, 3.63) is 32.1 Å². The highest BCUT2D eigenvalue weighted by Gasteiger charge is 2.21. The molecule has 1 unspecified atom stereocenters. The molecule has 0 bridgehead atoms. The van der Waals surface area contributed by atoms with Crippen LogP contribution in [0.3, 0.4) is 0 Å². The quantitative estimate of drug-likeness (QED) is 0.646. The van der Waals surface area contributed by atoms with Gasteiger partial charge in [-0.2, -0.15) is 0 Å². The lowest BCUT2D eigenvalue weighted by Crippen LogP contribution is -2.39. The van der Waals surface area contributed by atoms with E-state index in [1.54, 1.807) is 0 Å². The van der Waals surface area contributed by atoms with E-state index in [1.165, 1.54) is 17.7 Å². The van der Waals surface area contributed by atoms with Crippen molar-refractivity contribution in [3.63, 3.8) is 0 Å². The Balaban J connectivity index is 2.60. The number of aromatic nitrogens is 2. The van der Waals surface area contributed by atoms with Gasteiger partial charge in [-0.3, -0.25) is 13.9 Å². The first-order chi connectivity index (χ1) is 7.11. The van der Waals surface area contributed by atoms with Crippen molar-refractivity contribution in [1.82, 2.24) is 9.13 Å². The van der Waals surface area contributed by atoms with Crippen LogP contribution in [0.15, 0.2) is 15.7 Å². The van der Waals surface area contributed by atoms with Crippen molar-refractivity contribution in [2.75, 3.05) is 13.2 Å². The summed E-state index contributed by atoms with van der Waals surface area (Å²) in [5.41, 5.74) is -0.775. The monoisotopic (exact) mass is 230 g/mol. The minimum Gasteiger partial charge on any atom is -0.379 e. The van der Waals surface area contributed by atoms with E-state index in [0.717, 1.165) is 11.0 Å². The Bertz CT molecular complexity index is 485. The van der Waals surface area contributed by atoms with Crippen LogP contribution in [0.2, 0.25) is 5.15 Å². The molecular weight excluding hydrogens is 220 g/mol. The van der Waals surface area contributed by atoms with Crippen LogP contribution >= 0.6 is 11.6 Å². The molecule has 82 valence electrons. The van der Waals surface area contributed by atoms with E-state index in [-0.39, 0.29) is 22.4 Å². The summed E-state index contributed by atoms with van der Waals surface area (Å²) in [5, 5.41) is 0.179. The van der Waals surface area contributed by atoms with Gasteiger partial charge in [0, 0.05) is 19.7 Å². The molecule has 15 heavy (non-hydrogen) atoms. The maximum absolute atomic E-state index is 11.8. The fourth-order valence-corrected chi connectivity index (χ4v) is 1.98. The number of hydrogen-bond donors (Lipinski definition) is 0. The zero-order chi connectivity index (χ0) is 11.0. The second kappa shape index (κ2) is 3.83. The van der Waals surface area contributed by atoms with Gasteiger partial charge in [0.05, 0.1) is 12.6 Å². The van der Waals surface area contributed by atoms with Crippen molar-refractivity contribution in [2.24, 2.45) is 7.05 Å². The Kier molecular flexibility index (Phi) is 2.67. The third kappa shape index (κ3) is 1.72. The van der Waals surface area contributed by atoms with Gasteiger partial charge in [-0.1, -0.05) is 11.6 Å². The van der Waals surface area contributed by atoms with Gasteiger partial charge in [0.1, 0.15) is 5.15 Å². The topological polar surface area (TPSA) is 53.2 Å². The van der Waals surface area contributed by atoms with Crippen LogP contribution < -0.4 is 11.2 Å². The molecular formula is C9H11ClN2O3. The lowest BCUT2D eigenvalue weighted by molar-refractivity contribution is 0.185. The summed E-state index contributed by atoms with van der Waals surface area (Å²) in [5.74, 6) is 0. The lowest BCUT2D eigenvalue weighted by Gasteiger charge is -2.14. The third-order valence-corrected chi connectivity index (χ3v) is 2.86. The average molecular weight is 231 g/mol. The summed E-state index contributed by atoms with van der Waals surface area (Å²) >= 11 is 5.88. The summed E-state index contributed by atoms with van der Waals surface area (Å²) in [6, 6.07) is 1.19. The first kappa shape index (κ1) is 10.4. The Morgan fingerprint density at radius 1 is 1.53 bits per heavy atom. The van der Waals surface area contributed by atoms with Gasteiger partial charge in [0.2, 0.25) is 0 Å². The van der Waals surface area contributed by atoms with E-state index in [0.29, 0.717) is 13.2 Å². The molecule has 1 aromatic heterocycles. The van der Waals surface area contributed by atoms with Crippen LogP contribution in [0, 0.1) is 0 Å². The van der Waals surface area contributed by atoms with E-state index < -0.39 is 0 Å². The summed E-state index contributed by atoms with van der Waals surface area (Å²) in [4.78, 5) is 23.0. The third-order valence-electron chi connectivity index (χ3n) is 2.57. The van der Waals surface area contributed by atoms with E-state index in [4.69, 9.17) is 16.3 Å².